The number of rotatable bonds is 3. The first-order chi connectivity index (χ1) is 10.7. The lowest BCUT2D eigenvalue weighted by molar-refractivity contribution is -0.141. The average Bonchev–Trinajstić information content (AvgIpc) is 3.08. The van der Waals surface area contributed by atoms with E-state index in [2.05, 4.69) is 4.90 Å². The minimum absolute atomic E-state index is 0.161. The first-order valence-corrected chi connectivity index (χ1v) is 9.30. The second-order valence-corrected chi connectivity index (χ2v) is 7.40. The van der Waals surface area contributed by atoms with Crippen LogP contribution in [0, 0.1) is 11.8 Å². The fourth-order valence-corrected chi connectivity index (χ4v) is 4.34. The van der Waals surface area contributed by atoms with Crippen molar-refractivity contribution >= 4 is 11.8 Å². The summed E-state index contributed by atoms with van der Waals surface area (Å²) in [6.07, 6.45) is 11.1. The molecule has 0 bridgehead atoms. The van der Waals surface area contributed by atoms with Crippen LogP contribution in [0.5, 0.6) is 0 Å². The van der Waals surface area contributed by atoms with E-state index >= 15 is 0 Å². The maximum atomic E-state index is 12.5. The number of hydrogen-bond donors (Lipinski definition) is 0. The second-order valence-electron chi connectivity index (χ2n) is 7.40. The molecule has 2 aliphatic heterocycles. The molecule has 124 valence electrons. The number of nitrogens with zero attached hydrogens (tertiary/aromatic N) is 2. The predicted molar refractivity (Wildman–Crippen MR) is 86.3 cm³/mol. The molecule has 3 fully saturated rings. The van der Waals surface area contributed by atoms with Crippen LogP contribution in [0.4, 0.5) is 0 Å². The molecule has 22 heavy (non-hydrogen) atoms. The Balaban J connectivity index is 1.43. The van der Waals surface area contributed by atoms with E-state index in [9.17, 15) is 9.59 Å². The van der Waals surface area contributed by atoms with E-state index in [0.717, 1.165) is 58.3 Å². The zero-order chi connectivity index (χ0) is 15.4. The maximum absolute atomic E-state index is 12.5. The molecule has 0 radical (unpaired) electrons. The Morgan fingerprint density at radius 3 is 2.00 bits per heavy atom. The van der Waals surface area contributed by atoms with Gasteiger partial charge >= 0.3 is 0 Å². The standard InChI is InChI=1S/C18H30N2O2/c21-17(14-15-6-2-3-7-15)19-12-8-16(9-13-19)18(22)20-10-4-1-5-11-20/h15-16H,1-14H2. The lowest BCUT2D eigenvalue weighted by atomic mass is 9.93. The largest absolute Gasteiger partial charge is 0.343 e. The van der Waals surface area contributed by atoms with Gasteiger partial charge in [-0.1, -0.05) is 12.8 Å². The molecule has 3 rings (SSSR count). The highest BCUT2D eigenvalue weighted by Crippen LogP contribution is 2.29. The van der Waals surface area contributed by atoms with Gasteiger partial charge in [-0.05, 0) is 50.9 Å². The summed E-state index contributed by atoms with van der Waals surface area (Å²) in [5.74, 6) is 1.46. The van der Waals surface area contributed by atoms with Gasteiger partial charge in [0.25, 0.3) is 0 Å². The van der Waals surface area contributed by atoms with Crippen molar-refractivity contribution in [2.75, 3.05) is 26.2 Å². The van der Waals surface area contributed by atoms with Crippen molar-refractivity contribution in [3.63, 3.8) is 0 Å². The summed E-state index contributed by atoms with van der Waals surface area (Å²) in [7, 11) is 0. The zero-order valence-corrected chi connectivity index (χ0v) is 13.8. The SMILES string of the molecule is O=C(CC1CCCC1)N1CCC(C(=O)N2CCCCC2)CC1. The van der Waals surface area contributed by atoms with Gasteiger partial charge in [0.05, 0.1) is 0 Å². The quantitative estimate of drug-likeness (QED) is 0.804. The van der Waals surface area contributed by atoms with Crippen molar-refractivity contribution in [2.24, 2.45) is 11.8 Å². The summed E-state index contributed by atoms with van der Waals surface area (Å²) in [5, 5.41) is 0. The molecule has 4 heteroatoms. The van der Waals surface area contributed by atoms with Gasteiger partial charge in [0.15, 0.2) is 0 Å². The normalized spacial score (nSPS) is 24.7. The van der Waals surface area contributed by atoms with Crippen LogP contribution in [0.1, 0.15) is 64.2 Å². The molecule has 0 aromatic rings. The lowest BCUT2D eigenvalue weighted by Crippen LogP contribution is -2.45. The summed E-state index contributed by atoms with van der Waals surface area (Å²) in [6, 6.07) is 0. The smallest absolute Gasteiger partial charge is 0.225 e. The van der Waals surface area contributed by atoms with Gasteiger partial charge < -0.3 is 9.80 Å². The van der Waals surface area contributed by atoms with Crippen LogP contribution >= 0.6 is 0 Å². The van der Waals surface area contributed by atoms with Crippen molar-refractivity contribution in [2.45, 2.75) is 64.2 Å². The van der Waals surface area contributed by atoms with E-state index in [1.165, 1.54) is 32.1 Å². The molecule has 2 amide bonds. The van der Waals surface area contributed by atoms with Crippen molar-refractivity contribution in [1.29, 1.82) is 0 Å². The van der Waals surface area contributed by atoms with Gasteiger partial charge in [0, 0.05) is 38.5 Å². The first kappa shape index (κ1) is 15.8. The molecule has 3 aliphatic rings. The molecule has 0 spiro atoms. The Morgan fingerprint density at radius 2 is 1.36 bits per heavy atom. The molecule has 0 atom stereocenters. The number of amides is 2. The van der Waals surface area contributed by atoms with E-state index in [1.54, 1.807) is 0 Å². The summed E-state index contributed by atoms with van der Waals surface area (Å²) < 4.78 is 0. The fraction of sp³-hybridized carbons (Fsp3) is 0.889. The third-order valence-electron chi connectivity index (χ3n) is 5.80. The van der Waals surface area contributed by atoms with Crippen molar-refractivity contribution in [1.82, 2.24) is 9.80 Å². The van der Waals surface area contributed by atoms with E-state index in [4.69, 9.17) is 0 Å². The maximum Gasteiger partial charge on any atom is 0.225 e. The highest BCUT2D eigenvalue weighted by molar-refractivity contribution is 5.80. The van der Waals surface area contributed by atoms with Gasteiger partial charge in [0.1, 0.15) is 0 Å². The monoisotopic (exact) mass is 306 g/mol. The summed E-state index contributed by atoms with van der Waals surface area (Å²) >= 11 is 0. The van der Waals surface area contributed by atoms with E-state index in [-0.39, 0.29) is 5.92 Å². The number of hydrogen-bond acceptors (Lipinski definition) is 2. The van der Waals surface area contributed by atoms with Gasteiger partial charge in [-0.15, -0.1) is 0 Å². The Kier molecular flexibility index (Phi) is 5.37. The van der Waals surface area contributed by atoms with Crippen LogP contribution in [0.25, 0.3) is 0 Å². The first-order valence-electron chi connectivity index (χ1n) is 9.30. The van der Waals surface area contributed by atoms with Crippen LogP contribution in [0.15, 0.2) is 0 Å². The predicted octanol–water partition coefficient (Wildman–Crippen LogP) is 2.82. The van der Waals surface area contributed by atoms with E-state index < -0.39 is 0 Å². The van der Waals surface area contributed by atoms with Gasteiger partial charge in [-0.25, -0.2) is 0 Å². The van der Waals surface area contributed by atoms with Crippen LogP contribution in [-0.4, -0.2) is 47.8 Å². The van der Waals surface area contributed by atoms with Crippen LogP contribution in [-0.2, 0) is 9.59 Å². The van der Waals surface area contributed by atoms with Gasteiger partial charge in [0.2, 0.25) is 11.8 Å². The molecule has 0 aromatic carbocycles. The van der Waals surface area contributed by atoms with Gasteiger partial charge in [-0.3, -0.25) is 9.59 Å². The minimum Gasteiger partial charge on any atom is -0.343 e. The van der Waals surface area contributed by atoms with E-state index in [1.807, 2.05) is 4.90 Å². The summed E-state index contributed by atoms with van der Waals surface area (Å²) in [6.45, 7) is 3.46. The number of piperidine rings is 2. The average molecular weight is 306 g/mol. The Hall–Kier alpha value is -1.06. The molecule has 0 unspecified atom stereocenters. The van der Waals surface area contributed by atoms with Crippen molar-refractivity contribution < 1.29 is 9.59 Å². The molecule has 1 aliphatic carbocycles. The third-order valence-corrected chi connectivity index (χ3v) is 5.80. The van der Waals surface area contributed by atoms with Crippen molar-refractivity contribution in [3.8, 4) is 0 Å². The number of carbonyl (C=O) groups is 2. The van der Waals surface area contributed by atoms with Crippen LogP contribution < -0.4 is 0 Å². The Bertz CT molecular complexity index is 390. The Morgan fingerprint density at radius 1 is 0.727 bits per heavy atom. The summed E-state index contributed by atoms with van der Waals surface area (Å²) in [5.41, 5.74) is 0. The minimum atomic E-state index is 0.161. The van der Waals surface area contributed by atoms with Crippen LogP contribution in [0.2, 0.25) is 0 Å². The van der Waals surface area contributed by atoms with E-state index in [0.29, 0.717) is 17.7 Å². The number of likely N-dealkylation sites (tertiary alicyclic amines) is 2. The van der Waals surface area contributed by atoms with Crippen LogP contribution in [0.3, 0.4) is 0 Å². The molecular weight excluding hydrogens is 276 g/mol. The molecule has 0 aromatic heterocycles. The molecule has 1 saturated carbocycles. The highest BCUT2D eigenvalue weighted by atomic mass is 16.2. The second kappa shape index (κ2) is 7.47. The summed E-state index contributed by atoms with van der Waals surface area (Å²) in [4.78, 5) is 29.0. The third kappa shape index (κ3) is 3.82. The Labute approximate surface area is 134 Å². The molecular formula is C18H30N2O2. The number of carbonyl (C=O) groups excluding carboxylic acids is 2. The van der Waals surface area contributed by atoms with Crippen molar-refractivity contribution in [3.05, 3.63) is 0 Å². The molecule has 2 saturated heterocycles. The van der Waals surface area contributed by atoms with Gasteiger partial charge in [-0.2, -0.15) is 0 Å². The molecule has 0 N–H and O–H groups in total. The fourth-order valence-electron chi connectivity index (χ4n) is 4.34. The topological polar surface area (TPSA) is 40.6 Å². The lowest BCUT2D eigenvalue weighted by Gasteiger charge is -2.36. The zero-order valence-electron chi connectivity index (χ0n) is 13.8. The molecule has 2 heterocycles. The highest BCUT2D eigenvalue weighted by Gasteiger charge is 2.31. The molecule has 4 nitrogen and oxygen atoms in total.